The van der Waals surface area contributed by atoms with E-state index in [-0.39, 0.29) is 6.61 Å². The molecule has 0 aliphatic rings. The van der Waals surface area contributed by atoms with Crippen LogP contribution < -0.4 is 0 Å². The maximum Gasteiger partial charge on any atom is 0.102 e. The first-order valence-electron chi connectivity index (χ1n) is 10.3. The van der Waals surface area contributed by atoms with E-state index >= 15 is 0 Å². The van der Waals surface area contributed by atoms with Gasteiger partial charge in [0.05, 0.1) is 42.8 Å². The van der Waals surface area contributed by atoms with Crippen LogP contribution in [-0.4, -0.2) is 29.7 Å². The molecule has 0 aliphatic heterocycles. The quantitative estimate of drug-likeness (QED) is 0.453. The molecule has 0 bridgehead atoms. The minimum atomic E-state index is -0.0683. The van der Waals surface area contributed by atoms with E-state index in [0.717, 1.165) is 33.2 Å². The van der Waals surface area contributed by atoms with E-state index in [9.17, 15) is 5.11 Å². The van der Waals surface area contributed by atoms with Crippen LogP contribution in [0.3, 0.4) is 0 Å². The number of fused-ring (bicyclic) bond motifs is 3. The molecular formula is C25H23N5O. The molecule has 0 spiro atoms. The highest BCUT2D eigenvalue weighted by molar-refractivity contribution is 6.08. The van der Waals surface area contributed by atoms with Crippen LogP contribution in [0.4, 0.5) is 0 Å². The summed E-state index contributed by atoms with van der Waals surface area (Å²) >= 11 is 0. The zero-order valence-electron chi connectivity index (χ0n) is 17.3. The Morgan fingerprint density at radius 3 is 2.61 bits per heavy atom. The third-order valence-corrected chi connectivity index (χ3v) is 5.45. The zero-order valence-corrected chi connectivity index (χ0v) is 17.3. The average Bonchev–Trinajstić information content (AvgIpc) is 3.38. The van der Waals surface area contributed by atoms with Crippen LogP contribution in [0.15, 0.2) is 72.9 Å². The number of hydrogen-bond acceptors (Lipinski definition) is 4. The molecule has 31 heavy (non-hydrogen) atoms. The molecule has 5 rings (SSSR count). The summed E-state index contributed by atoms with van der Waals surface area (Å²) < 4.78 is 4.08. The summed E-state index contributed by atoms with van der Waals surface area (Å²) in [6, 6.07) is 20.5. The summed E-state index contributed by atoms with van der Waals surface area (Å²) in [7, 11) is 0. The lowest BCUT2D eigenvalue weighted by molar-refractivity contribution is 0.277. The second-order valence-corrected chi connectivity index (χ2v) is 7.60. The van der Waals surface area contributed by atoms with Gasteiger partial charge in [0.1, 0.15) is 5.69 Å². The first-order valence-corrected chi connectivity index (χ1v) is 10.3. The summed E-state index contributed by atoms with van der Waals surface area (Å²) in [5.41, 5.74) is 5.83. The van der Waals surface area contributed by atoms with Gasteiger partial charge in [-0.05, 0) is 24.6 Å². The molecular weight excluding hydrogens is 386 g/mol. The highest BCUT2D eigenvalue weighted by Gasteiger charge is 2.15. The van der Waals surface area contributed by atoms with Gasteiger partial charge in [0.2, 0.25) is 0 Å². The first kappa shape index (κ1) is 19.2. The van der Waals surface area contributed by atoms with Crippen LogP contribution in [0.25, 0.3) is 27.9 Å². The number of aliphatic hydroxyl groups excluding tert-OH is 1. The van der Waals surface area contributed by atoms with Crippen molar-refractivity contribution in [2.24, 2.45) is 0 Å². The standard InChI is InChI=1S/C25H23N5O/c1-18-25-23(14-20(17-31)26-18)22-11-5-6-12-24(22)30(25)16-21-15-29(28-27-21)13-7-10-19-8-3-2-4-9-19/h2-12,14-15,31H,13,16-17H2,1H3/b10-7+. The fourth-order valence-electron chi connectivity index (χ4n) is 4.10. The molecule has 5 aromatic rings. The van der Waals surface area contributed by atoms with Gasteiger partial charge in [-0.15, -0.1) is 5.10 Å². The second kappa shape index (κ2) is 8.16. The average molecular weight is 409 g/mol. The molecule has 3 heterocycles. The maximum atomic E-state index is 9.59. The SMILES string of the molecule is Cc1nc(CO)cc2c3ccccc3n(Cc3cn(C/C=C/c4ccccc4)nn3)c12. The van der Waals surface area contributed by atoms with Gasteiger partial charge in [-0.2, -0.15) is 0 Å². The van der Waals surface area contributed by atoms with Gasteiger partial charge >= 0.3 is 0 Å². The van der Waals surface area contributed by atoms with Gasteiger partial charge in [0.25, 0.3) is 0 Å². The number of allylic oxidation sites excluding steroid dienone is 1. The number of nitrogens with zero attached hydrogens (tertiary/aromatic N) is 5. The molecule has 6 heteroatoms. The minimum absolute atomic E-state index is 0.0683. The molecule has 0 atom stereocenters. The van der Waals surface area contributed by atoms with Crippen LogP contribution in [0.5, 0.6) is 0 Å². The Morgan fingerprint density at radius 2 is 1.77 bits per heavy atom. The second-order valence-electron chi connectivity index (χ2n) is 7.60. The summed E-state index contributed by atoms with van der Waals surface area (Å²) in [5, 5.41) is 20.5. The smallest absolute Gasteiger partial charge is 0.102 e. The fraction of sp³-hybridized carbons (Fsp3) is 0.160. The van der Waals surface area contributed by atoms with E-state index in [0.29, 0.717) is 18.8 Å². The third-order valence-electron chi connectivity index (χ3n) is 5.45. The Bertz CT molecular complexity index is 1380. The van der Waals surface area contributed by atoms with Crippen LogP contribution >= 0.6 is 0 Å². The molecule has 0 aliphatic carbocycles. The summed E-state index contributed by atoms with van der Waals surface area (Å²) in [5.74, 6) is 0. The van der Waals surface area contributed by atoms with Gasteiger partial charge < -0.3 is 9.67 Å². The largest absolute Gasteiger partial charge is 0.390 e. The molecule has 2 aromatic carbocycles. The number of aliphatic hydroxyl groups is 1. The maximum absolute atomic E-state index is 9.59. The molecule has 0 unspecified atom stereocenters. The van der Waals surface area contributed by atoms with Crippen molar-refractivity contribution in [3.8, 4) is 0 Å². The van der Waals surface area contributed by atoms with Crippen molar-refractivity contribution in [2.45, 2.75) is 26.6 Å². The van der Waals surface area contributed by atoms with E-state index in [1.165, 1.54) is 5.56 Å². The molecule has 154 valence electrons. The first-order chi connectivity index (χ1) is 15.2. The van der Waals surface area contributed by atoms with Gasteiger partial charge in [-0.3, -0.25) is 4.98 Å². The zero-order chi connectivity index (χ0) is 21.2. The Labute approximate surface area is 180 Å². The molecule has 3 aromatic heterocycles. The number of aromatic nitrogens is 5. The lowest BCUT2D eigenvalue weighted by Crippen LogP contribution is -2.02. The normalized spacial score (nSPS) is 11.8. The van der Waals surface area contributed by atoms with Crippen LogP contribution in [0.1, 0.15) is 22.6 Å². The lowest BCUT2D eigenvalue weighted by Gasteiger charge is -2.07. The van der Waals surface area contributed by atoms with Crippen molar-refractivity contribution in [3.63, 3.8) is 0 Å². The number of para-hydroxylation sites is 1. The van der Waals surface area contributed by atoms with Gasteiger partial charge in [0.15, 0.2) is 0 Å². The Kier molecular flexibility index (Phi) is 5.06. The summed E-state index contributed by atoms with van der Waals surface area (Å²) in [4.78, 5) is 4.57. The number of pyridine rings is 1. The van der Waals surface area contributed by atoms with Crippen molar-refractivity contribution in [3.05, 3.63) is 95.6 Å². The van der Waals surface area contributed by atoms with Crippen LogP contribution in [0, 0.1) is 6.92 Å². The Morgan fingerprint density at radius 1 is 0.968 bits per heavy atom. The van der Waals surface area contributed by atoms with Crippen molar-refractivity contribution in [1.29, 1.82) is 0 Å². The monoisotopic (exact) mass is 409 g/mol. The number of hydrogen-bond donors (Lipinski definition) is 1. The van der Waals surface area contributed by atoms with E-state index in [2.05, 4.69) is 56.3 Å². The van der Waals surface area contributed by atoms with Crippen molar-refractivity contribution in [2.75, 3.05) is 0 Å². The van der Waals surface area contributed by atoms with Gasteiger partial charge in [0, 0.05) is 16.3 Å². The number of rotatable bonds is 6. The number of benzene rings is 2. The van der Waals surface area contributed by atoms with Crippen molar-refractivity contribution in [1.82, 2.24) is 24.5 Å². The fourth-order valence-corrected chi connectivity index (χ4v) is 4.10. The van der Waals surface area contributed by atoms with Crippen LogP contribution in [-0.2, 0) is 19.7 Å². The van der Waals surface area contributed by atoms with Crippen molar-refractivity contribution >= 4 is 27.9 Å². The predicted molar refractivity (Wildman–Crippen MR) is 122 cm³/mol. The molecule has 0 amide bonds. The molecule has 0 fully saturated rings. The van der Waals surface area contributed by atoms with Gasteiger partial charge in [-0.1, -0.05) is 65.9 Å². The highest BCUT2D eigenvalue weighted by atomic mass is 16.3. The van der Waals surface area contributed by atoms with E-state index < -0.39 is 0 Å². The van der Waals surface area contributed by atoms with Gasteiger partial charge in [-0.25, -0.2) is 4.68 Å². The molecule has 0 saturated carbocycles. The van der Waals surface area contributed by atoms with Crippen LogP contribution in [0.2, 0.25) is 0 Å². The minimum Gasteiger partial charge on any atom is -0.390 e. The molecule has 0 radical (unpaired) electrons. The van der Waals surface area contributed by atoms with E-state index in [1.807, 2.05) is 54.2 Å². The topological polar surface area (TPSA) is 68.8 Å². The predicted octanol–water partition coefficient (Wildman–Crippen LogP) is 4.34. The molecule has 0 saturated heterocycles. The Balaban J connectivity index is 1.46. The van der Waals surface area contributed by atoms with E-state index in [1.54, 1.807) is 0 Å². The van der Waals surface area contributed by atoms with Crippen molar-refractivity contribution < 1.29 is 5.11 Å². The van der Waals surface area contributed by atoms with E-state index in [4.69, 9.17) is 0 Å². The summed E-state index contributed by atoms with van der Waals surface area (Å²) in [6.07, 6.45) is 6.15. The highest BCUT2D eigenvalue weighted by Crippen LogP contribution is 2.31. The third kappa shape index (κ3) is 3.73. The lowest BCUT2D eigenvalue weighted by atomic mass is 10.1. The number of aryl methyl sites for hydroxylation is 1. The molecule has 1 N–H and O–H groups in total. The summed E-state index contributed by atoms with van der Waals surface area (Å²) in [6.45, 7) is 3.19. The Hall–Kier alpha value is -3.77. The molecule has 6 nitrogen and oxygen atoms in total.